The number of ether oxygens (including phenoxy) is 2. The molecule has 3 aromatic rings. The van der Waals surface area contributed by atoms with Crippen molar-refractivity contribution in [2.45, 2.75) is 6.54 Å². The number of hydrogen-bond donors (Lipinski definition) is 3. The molecule has 3 rings (SSSR count). The highest BCUT2D eigenvalue weighted by Crippen LogP contribution is 2.30. The minimum Gasteiger partial charge on any atom is -0.493 e. The van der Waals surface area contributed by atoms with E-state index in [4.69, 9.17) is 26.0 Å². The van der Waals surface area contributed by atoms with Gasteiger partial charge in [0.15, 0.2) is 11.5 Å². The average molecular weight is 337 g/mol. The van der Waals surface area contributed by atoms with Gasteiger partial charge in [0.25, 0.3) is 0 Å². The second-order valence-corrected chi connectivity index (χ2v) is 5.42. The van der Waals surface area contributed by atoms with E-state index in [0.29, 0.717) is 34.6 Å². The van der Waals surface area contributed by atoms with Gasteiger partial charge in [-0.3, -0.25) is 20.4 Å². The minimum absolute atomic E-state index is 0.104. The molecule has 0 unspecified atom stereocenters. The lowest BCUT2D eigenvalue weighted by molar-refractivity contribution is 0.355. The molecular formula is C18H19N5O2. The van der Waals surface area contributed by atoms with Crippen molar-refractivity contribution in [3.63, 3.8) is 0 Å². The Bertz CT molecular complexity index is 993. The van der Waals surface area contributed by atoms with Gasteiger partial charge in [-0.2, -0.15) is 0 Å². The van der Waals surface area contributed by atoms with Gasteiger partial charge in [0.1, 0.15) is 11.3 Å². The van der Waals surface area contributed by atoms with Crippen molar-refractivity contribution in [2.24, 2.45) is 5.73 Å². The molecule has 7 heteroatoms. The second kappa shape index (κ2) is 6.74. The summed E-state index contributed by atoms with van der Waals surface area (Å²) in [5, 5.41) is 16.8. The summed E-state index contributed by atoms with van der Waals surface area (Å²) in [6, 6.07) is 10.9. The normalized spacial score (nSPS) is 10.7. The number of rotatable bonds is 4. The number of nitrogens with two attached hydrogens (primary N) is 1. The number of nitrogens with one attached hydrogen (secondary N) is 2. The lowest BCUT2D eigenvalue weighted by Crippen LogP contribution is -2.28. The molecule has 0 radical (unpaired) electrons. The SMILES string of the molecule is COc1cc2ncc(=N)n(C(=N)c3ccc(CN)cc3)c2cc1OC. The van der Waals surface area contributed by atoms with E-state index in [1.807, 2.05) is 24.3 Å². The Morgan fingerprint density at radius 3 is 2.36 bits per heavy atom. The standard InChI is InChI=1S/C18H19N5O2/c1-24-15-7-13-14(8-16(15)25-2)23(17(20)10-22-13)18(21)12-5-3-11(9-19)4-6-12/h3-8,10,20-21H,9,19H2,1-2H3. The highest BCUT2D eigenvalue weighted by molar-refractivity contribution is 6.02. The van der Waals surface area contributed by atoms with Gasteiger partial charge in [-0.05, 0) is 5.56 Å². The average Bonchev–Trinajstić information content (AvgIpc) is 2.66. The monoisotopic (exact) mass is 337 g/mol. The molecule has 1 aromatic heterocycles. The maximum absolute atomic E-state index is 8.56. The molecule has 0 amide bonds. The van der Waals surface area contributed by atoms with Crippen LogP contribution in [0.5, 0.6) is 11.5 Å². The molecule has 7 nitrogen and oxygen atoms in total. The van der Waals surface area contributed by atoms with Crippen LogP contribution in [0.4, 0.5) is 0 Å². The molecule has 128 valence electrons. The zero-order chi connectivity index (χ0) is 18.0. The third kappa shape index (κ3) is 2.97. The van der Waals surface area contributed by atoms with Gasteiger partial charge in [-0.25, -0.2) is 0 Å². The van der Waals surface area contributed by atoms with E-state index in [-0.39, 0.29) is 11.3 Å². The highest BCUT2D eigenvalue weighted by atomic mass is 16.5. The molecule has 2 aromatic carbocycles. The first kappa shape index (κ1) is 16.7. The lowest BCUT2D eigenvalue weighted by atomic mass is 10.1. The zero-order valence-electron chi connectivity index (χ0n) is 14.0. The number of nitrogens with zero attached hydrogens (tertiary/aromatic N) is 2. The maximum atomic E-state index is 8.56. The molecule has 1 heterocycles. The van der Waals surface area contributed by atoms with Crippen LogP contribution in [0.2, 0.25) is 0 Å². The zero-order valence-corrected chi connectivity index (χ0v) is 14.0. The molecule has 0 spiro atoms. The predicted octanol–water partition coefficient (Wildman–Crippen LogP) is 1.87. The van der Waals surface area contributed by atoms with Crippen LogP contribution in [0.15, 0.2) is 42.6 Å². The van der Waals surface area contributed by atoms with Crippen LogP contribution < -0.4 is 20.7 Å². The van der Waals surface area contributed by atoms with E-state index in [0.717, 1.165) is 5.56 Å². The minimum atomic E-state index is 0.104. The van der Waals surface area contributed by atoms with Crippen LogP contribution in [0.1, 0.15) is 11.1 Å². The summed E-state index contributed by atoms with van der Waals surface area (Å²) in [7, 11) is 3.10. The first-order valence-corrected chi connectivity index (χ1v) is 7.65. The third-order valence-corrected chi connectivity index (χ3v) is 3.98. The number of benzene rings is 2. The lowest BCUT2D eigenvalue weighted by Gasteiger charge is -2.15. The number of fused-ring (bicyclic) bond motifs is 1. The van der Waals surface area contributed by atoms with Gasteiger partial charge in [-0.15, -0.1) is 0 Å². The summed E-state index contributed by atoms with van der Waals surface area (Å²) in [4.78, 5) is 4.27. The van der Waals surface area contributed by atoms with Crippen molar-refractivity contribution >= 4 is 16.9 Å². The van der Waals surface area contributed by atoms with Crippen molar-refractivity contribution in [3.05, 3.63) is 59.2 Å². The van der Waals surface area contributed by atoms with Gasteiger partial charge in [0.2, 0.25) is 0 Å². The molecule has 0 aliphatic rings. The molecule has 4 N–H and O–H groups in total. The van der Waals surface area contributed by atoms with Gasteiger partial charge < -0.3 is 15.2 Å². The summed E-state index contributed by atoms with van der Waals surface area (Å²) in [5.41, 5.74) is 8.59. The fourth-order valence-electron chi connectivity index (χ4n) is 2.63. The van der Waals surface area contributed by atoms with Crippen molar-refractivity contribution < 1.29 is 9.47 Å². The fourth-order valence-corrected chi connectivity index (χ4v) is 2.63. The van der Waals surface area contributed by atoms with Gasteiger partial charge in [-0.1, -0.05) is 24.3 Å². The van der Waals surface area contributed by atoms with Gasteiger partial charge in [0, 0.05) is 24.2 Å². The Hall–Kier alpha value is -3.19. The van der Waals surface area contributed by atoms with E-state index in [1.165, 1.54) is 10.8 Å². The topological polar surface area (TPSA) is 110 Å². The van der Waals surface area contributed by atoms with E-state index in [9.17, 15) is 0 Å². The Labute approximate surface area is 144 Å². The van der Waals surface area contributed by atoms with Crippen LogP contribution in [0.25, 0.3) is 11.0 Å². The highest BCUT2D eigenvalue weighted by Gasteiger charge is 2.13. The second-order valence-electron chi connectivity index (χ2n) is 5.42. The Morgan fingerprint density at radius 1 is 1.12 bits per heavy atom. The van der Waals surface area contributed by atoms with Crippen LogP contribution >= 0.6 is 0 Å². The Kier molecular flexibility index (Phi) is 4.49. The quantitative estimate of drug-likeness (QED) is 0.498. The predicted molar refractivity (Wildman–Crippen MR) is 95.3 cm³/mol. The van der Waals surface area contributed by atoms with Gasteiger partial charge in [0.05, 0.1) is 31.4 Å². The van der Waals surface area contributed by atoms with E-state index < -0.39 is 0 Å². The van der Waals surface area contributed by atoms with Crippen molar-refractivity contribution in [1.29, 1.82) is 10.8 Å². The summed E-state index contributed by atoms with van der Waals surface area (Å²) in [6.45, 7) is 0.444. The van der Waals surface area contributed by atoms with Crippen LogP contribution in [0, 0.1) is 10.8 Å². The molecule has 0 saturated heterocycles. The number of hydrogen-bond acceptors (Lipinski definition) is 6. The molecule has 0 aliphatic carbocycles. The van der Waals surface area contributed by atoms with Crippen LogP contribution in [0.3, 0.4) is 0 Å². The molecule has 0 atom stereocenters. The summed E-state index contributed by atoms with van der Waals surface area (Å²) < 4.78 is 12.2. The summed E-state index contributed by atoms with van der Waals surface area (Å²) in [5.74, 6) is 1.24. The van der Waals surface area contributed by atoms with Crippen LogP contribution in [-0.2, 0) is 6.54 Å². The van der Waals surface area contributed by atoms with Crippen molar-refractivity contribution in [2.75, 3.05) is 14.2 Å². The van der Waals surface area contributed by atoms with E-state index in [1.54, 1.807) is 26.4 Å². The summed E-state index contributed by atoms with van der Waals surface area (Å²) >= 11 is 0. The number of aromatic nitrogens is 2. The molecule has 25 heavy (non-hydrogen) atoms. The smallest absolute Gasteiger partial charge is 0.163 e. The molecule has 0 bridgehead atoms. The third-order valence-electron chi connectivity index (χ3n) is 3.98. The van der Waals surface area contributed by atoms with E-state index >= 15 is 0 Å². The van der Waals surface area contributed by atoms with Crippen LogP contribution in [-0.4, -0.2) is 29.6 Å². The number of methoxy groups -OCH3 is 2. The van der Waals surface area contributed by atoms with Gasteiger partial charge >= 0.3 is 0 Å². The fraction of sp³-hybridized carbons (Fsp3) is 0.167. The molecule has 0 aliphatic heterocycles. The Balaban J connectivity index is 2.21. The summed E-state index contributed by atoms with van der Waals surface area (Å²) in [6.07, 6.45) is 1.41. The maximum Gasteiger partial charge on any atom is 0.163 e. The molecule has 0 saturated carbocycles. The molecular weight excluding hydrogens is 318 g/mol. The Morgan fingerprint density at radius 2 is 1.76 bits per heavy atom. The first-order valence-electron chi connectivity index (χ1n) is 7.65. The first-order chi connectivity index (χ1) is 12.1. The van der Waals surface area contributed by atoms with E-state index in [2.05, 4.69) is 4.98 Å². The largest absolute Gasteiger partial charge is 0.493 e. The molecule has 0 fully saturated rings. The van der Waals surface area contributed by atoms with Crippen molar-refractivity contribution in [1.82, 2.24) is 9.55 Å². The van der Waals surface area contributed by atoms with Crippen molar-refractivity contribution in [3.8, 4) is 11.5 Å².